The molecule has 0 N–H and O–H groups in total. The zero-order chi connectivity index (χ0) is 10.7. The molecule has 15 heavy (non-hydrogen) atoms. The van der Waals surface area contributed by atoms with Crippen LogP contribution in [-0.2, 0) is 14.9 Å². The summed E-state index contributed by atoms with van der Waals surface area (Å²) in [7, 11) is 0. The average Bonchev–Trinajstić information content (AvgIpc) is 2.18. The highest BCUT2D eigenvalue weighted by Gasteiger charge is 2.40. The maximum atomic E-state index is 11.1. The van der Waals surface area contributed by atoms with Gasteiger partial charge in [0.15, 0.2) is 0 Å². The van der Waals surface area contributed by atoms with E-state index in [-0.39, 0.29) is 0 Å². The Morgan fingerprint density at radius 3 is 2.87 bits per heavy atom. The molecule has 0 amide bonds. The van der Waals surface area contributed by atoms with Crippen LogP contribution in [0.3, 0.4) is 0 Å². The Labute approximate surface area is 89.0 Å². The Balaban J connectivity index is 2.27. The Hall–Kier alpha value is -1.35. The number of carbonyl (C=O) groups is 1. The van der Waals surface area contributed by atoms with Crippen LogP contribution in [0.4, 0.5) is 0 Å². The molecule has 0 saturated carbocycles. The summed E-state index contributed by atoms with van der Waals surface area (Å²) in [5.41, 5.74) is 0.544. The first kappa shape index (κ1) is 10.2. The van der Waals surface area contributed by atoms with Crippen LogP contribution in [0.5, 0.6) is 5.75 Å². The van der Waals surface area contributed by atoms with E-state index in [2.05, 4.69) is 0 Å². The molecule has 0 unspecified atom stereocenters. The normalized spacial score (nSPS) is 17.9. The second-order valence-electron chi connectivity index (χ2n) is 3.73. The van der Waals surface area contributed by atoms with Gasteiger partial charge in [0.1, 0.15) is 12.0 Å². The van der Waals surface area contributed by atoms with Crippen molar-refractivity contribution < 1.29 is 14.3 Å². The molecule has 2 rings (SSSR count). The van der Waals surface area contributed by atoms with Crippen molar-refractivity contribution in [3.63, 3.8) is 0 Å². The van der Waals surface area contributed by atoms with Crippen LogP contribution in [0, 0.1) is 0 Å². The van der Waals surface area contributed by atoms with Crippen molar-refractivity contribution in [1.29, 1.82) is 0 Å². The molecule has 80 valence electrons. The summed E-state index contributed by atoms with van der Waals surface area (Å²) in [5, 5.41) is 0. The van der Waals surface area contributed by atoms with Crippen molar-refractivity contribution in [1.82, 2.24) is 0 Å². The molecule has 1 aromatic carbocycles. The molecular weight excluding hydrogens is 192 g/mol. The summed E-state index contributed by atoms with van der Waals surface area (Å²) in [6.45, 7) is 3.53. The molecule has 0 spiro atoms. The van der Waals surface area contributed by atoms with Gasteiger partial charge < -0.3 is 14.3 Å². The highest BCUT2D eigenvalue weighted by atomic mass is 16.5. The molecule has 1 saturated heterocycles. The first-order valence-corrected chi connectivity index (χ1v) is 5.08. The van der Waals surface area contributed by atoms with Gasteiger partial charge in [0.25, 0.3) is 0 Å². The molecule has 1 aliphatic rings. The predicted octanol–water partition coefficient (Wildman–Crippen LogP) is 1.55. The molecule has 0 bridgehead atoms. The Bertz CT molecular complexity index is 356. The van der Waals surface area contributed by atoms with Gasteiger partial charge in [-0.2, -0.15) is 0 Å². The number of aldehydes is 1. The summed E-state index contributed by atoms with van der Waals surface area (Å²) in [4.78, 5) is 11.1. The Morgan fingerprint density at radius 1 is 1.53 bits per heavy atom. The van der Waals surface area contributed by atoms with E-state index < -0.39 is 5.41 Å². The molecular formula is C12H14O3. The van der Waals surface area contributed by atoms with Crippen molar-refractivity contribution in [2.75, 3.05) is 19.8 Å². The van der Waals surface area contributed by atoms with E-state index in [9.17, 15) is 4.79 Å². The fourth-order valence-electron chi connectivity index (χ4n) is 1.69. The Morgan fingerprint density at radius 2 is 2.33 bits per heavy atom. The lowest BCUT2D eigenvalue weighted by atomic mass is 9.80. The van der Waals surface area contributed by atoms with Gasteiger partial charge in [0.05, 0.1) is 25.2 Å². The van der Waals surface area contributed by atoms with Gasteiger partial charge in [-0.25, -0.2) is 0 Å². The van der Waals surface area contributed by atoms with Gasteiger partial charge in [-0.15, -0.1) is 0 Å². The van der Waals surface area contributed by atoms with Gasteiger partial charge in [0, 0.05) is 0 Å². The molecule has 0 aliphatic carbocycles. The molecule has 0 radical (unpaired) electrons. The van der Waals surface area contributed by atoms with Gasteiger partial charge in [-0.3, -0.25) is 0 Å². The third-order valence-corrected chi connectivity index (χ3v) is 2.66. The topological polar surface area (TPSA) is 35.5 Å². The molecule has 1 aromatic rings. The van der Waals surface area contributed by atoms with E-state index in [1.807, 2.05) is 31.2 Å². The van der Waals surface area contributed by atoms with Crippen molar-refractivity contribution in [2.45, 2.75) is 12.3 Å². The summed E-state index contributed by atoms with van der Waals surface area (Å²) in [6.07, 6.45) is 0.974. The molecule has 1 heterocycles. The Kier molecular flexibility index (Phi) is 2.73. The van der Waals surface area contributed by atoms with Gasteiger partial charge in [-0.05, 0) is 24.6 Å². The maximum absolute atomic E-state index is 11.1. The van der Waals surface area contributed by atoms with Crippen molar-refractivity contribution in [2.24, 2.45) is 0 Å². The second kappa shape index (κ2) is 4.03. The molecule has 3 heteroatoms. The third kappa shape index (κ3) is 1.75. The quantitative estimate of drug-likeness (QED) is 0.701. The van der Waals surface area contributed by atoms with E-state index in [4.69, 9.17) is 9.47 Å². The standard InChI is InChI=1S/C12H14O3/c1-2-15-11-5-3-4-10(6-11)12(7-13)8-14-9-12/h3-7H,2,8-9H2,1H3. The van der Waals surface area contributed by atoms with Gasteiger partial charge in [-0.1, -0.05) is 12.1 Å². The minimum Gasteiger partial charge on any atom is -0.494 e. The van der Waals surface area contributed by atoms with Crippen molar-refractivity contribution >= 4 is 6.29 Å². The smallest absolute Gasteiger partial charge is 0.135 e. The second-order valence-corrected chi connectivity index (χ2v) is 3.73. The van der Waals surface area contributed by atoms with Crippen molar-refractivity contribution in [3.05, 3.63) is 29.8 Å². The molecule has 1 fully saturated rings. The zero-order valence-electron chi connectivity index (χ0n) is 8.73. The van der Waals surface area contributed by atoms with E-state index in [1.54, 1.807) is 0 Å². The van der Waals surface area contributed by atoms with Crippen LogP contribution in [-0.4, -0.2) is 26.1 Å². The first-order chi connectivity index (χ1) is 7.30. The van der Waals surface area contributed by atoms with Crippen LogP contribution in [0.1, 0.15) is 12.5 Å². The van der Waals surface area contributed by atoms with E-state index >= 15 is 0 Å². The lowest BCUT2D eigenvalue weighted by Crippen LogP contribution is -2.48. The first-order valence-electron chi connectivity index (χ1n) is 5.08. The number of hydrogen-bond acceptors (Lipinski definition) is 3. The summed E-state index contributed by atoms with van der Waals surface area (Å²) in [5.74, 6) is 0.808. The van der Waals surface area contributed by atoms with Gasteiger partial charge >= 0.3 is 0 Å². The summed E-state index contributed by atoms with van der Waals surface area (Å²) >= 11 is 0. The van der Waals surface area contributed by atoms with Crippen LogP contribution >= 0.6 is 0 Å². The van der Waals surface area contributed by atoms with E-state index in [1.165, 1.54) is 0 Å². The summed E-state index contributed by atoms with van der Waals surface area (Å²) < 4.78 is 10.5. The van der Waals surface area contributed by atoms with Crippen LogP contribution in [0.2, 0.25) is 0 Å². The van der Waals surface area contributed by atoms with Crippen molar-refractivity contribution in [3.8, 4) is 5.75 Å². The van der Waals surface area contributed by atoms with E-state index in [0.717, 1.165) is 17.6 Å². The average molecular weight is 206 g/mol. The number of benzene rings is 1. The lowest BCUT2D eigenvalue weighted by Gasteiger charge is -2.36. The molecule has 1 aliphatic heterocycles. The highest BCUT2D eigenvalue weighted by molar-refractivity contribution is 5.70. The van der Waals surface area contributed by atoms with Crippen LogP contribution in [0.15, 0.2) is 24.3 Å². The minimum atomic E-state index is -0.437. The molecule has 0 atom stereocenters. The third-order valence-electron chi connectivity index (χ3n) is 2.66. The van der Waals surface area contributed by atoms with Crippen LogP contribution in [0.25, 0.3) is 0 Å². The monoisotopic (exact) mass is 206 g/mol. The molecule has 0 aromatic heterocycles. The molecule has 3 nitrogen and oxygen atoms in total. The summed E-state index contributed by atoms with van der Waals surface area (Å²) in [6, 6.07) is 7.66. The predicted molar refractivity (Wildman–Crippen MR) is 56.2 cm³/mol. The fourth-order valence-corrected chi connectivity index (χ4v) is 1.69. The lowest BCUT2D eigenvalue weighted by molar-refractivity contribution is -0.129. The number of hydrogen-bond donors (Lipinski definition) is 0. The maximum Gasteiger partial charge on any atom is 0.135 e. The number of carbonyl (C=O) groups excluding carboxylic acids is 1. The highest BCUT2D eigenvalue weighted by Crippen LogP contribution is 2.32. The van der Waals surface area contributed by atoms with Crippen LogP contribution < -0.4 is 4.74 Å². The van der Waals surface area contributed by atoms with Gasteiger partial charge in [0.2, 0.25) is 0 Å². The fraction of sp³-hybridized carbons (Fsp3) is 0.417. The SMILES string of the molecule is CCOc1cccc(C2(C=O)COC2)c1. The largest absolute Gasteiger partial charge is 0.494 e. The number of ether oxygens (including phenoxy) is 2. The minimum absolute atomic E-state index is 0.437. The van der Waals surface area contributed by atoms with E-state index in [0.29, 0.717) is 19.8 Å². The number of rotatable bonds is 4. The zero-order valence-corrected chi connectivity index (χ0v) is 8.73.